The average molecular weight is 373 g/mol. The molecule has 1 heterocycles. The lowest BCUT2D eigenvalue weighted by atomic mass is 9.94. The van der Waals surface area contributed by atoms with Crippen molar-refractivity contribution in [2.45, 2.75) is 103 Å². The predicted octanol–water partition coefficient (Wildman–Crippen LogP) is 4.31. The quantitative estimate of drug-likeness (QED) is 0.401. The third kappa shape index (κ3) is 8.03. The van der Waals surface area contributed by atoms with Gasteiger partial charge < -0.3 is 18.9 Å². The molecular formula is C21H40O5. The molecule has 0 N–H and O–H groups in total. The van der Waals surface area contributed by atoms with E-state index in [4.69, 9.17) is 18.9 Å². The highest BCUT2D eigenvalue weighted by atomic mass is 16.6. The van der Waals surface area contributed by atoms with Crippen LogP contribution in [0.3, 0.4) is 0 Å². The Morgan fingerprint density at radius 2 is 1.46 bits per heavy atom. The molecule has 1 rings (SSSR count). The first-order valence-corrected chi connectivity index (χ1v) is 10.7. The predicted molar refractivity (Wildman–Crippen MR) is 104 cm³/mol. The van der Waals surface area contributed by atoms with E-state index in [0.29, 0.717) is 26.4 Å². The number of rotatable bonds is 15. The van der Waals surface area contributed by atoms with Gasteiger partial charge in [0, 0.05) is 19.8 Å². The van der Waals surface area contributed by atoms with Crippen molar-refractivity contribution in [3.63, 3.8) is 0 Å². The van der Waals surface area contributed by atoms with E-state index in [-0.39, 0.29) is 18.0 Å². The summed E-state index contributed by atoms with van der Waals surface area (Å²) in [5.74, 6) is 0.0364. The molecule has 0 aliphatic carbocycles. The summed E-state index contributed by atoms with van der Waals surface area (Å²) < 4.78 is 24.0. The van der Waals surface area contributed by atoms with Crippen LogP contribution in [-0.2, 0) is 23.7 Å². The maximum absolute atomic E-state index is 12.9. The summed E-state index contributed by atoms with van der Waals surface area (Å²) in [7, 11) is 0. The Hall–Kier alpha value is -0.490. The summed E-state index contributed by atoms with van der Waals surface area (Å²) in [6.07, 6.45) is 6.20. The van der Waals surface area contributed by atoms with Gasteiger partial charge in [0.1, 0.15) is 24.4 Å². The highest BCUT2D eigenvalue weighted by Gasteiger charge is 2.46. The molecule has 4 atom stereocenters. The molecule has 0 unspecified atom stereocenters. The molecule has 1 aliphatic heterocycles. The highest BCUT2D eigenvalue weighted by molar-refractivity contribution is 5.88. The molecule has 1 fully saturated rings. The van der Waals surface area contributed by atoms with Gasteiger partial charge in [-0.1, -0.05) is 53.4 Å². The van der Waals surface area contributed by atoms with Gasteiger partial charge in [0.2, 0.25) is 0 Å². The smallest absolute Gasteiger partial charge is 0.192 e. The van der Waals surface area contributed by atoms with E-state index in [1.54, 1.807) is 0 Å². The molecule has 0 bridgehead atoms. The molecule has 26 heavy (non-hydrogen) atoms. The Morgan fingerprint density at radius 1 is 0.846 bits per heavy atom. The lowest BCUT2D eigenvalue weighted by Crippen LogP contribution is -2.58. The van der Waals surface area contributed by atoms with Gasteiger partial charge in [0.25, 0.3) is 0 Å². The third-order valence-corrected chi connectivity index (χ3v) is 4.68. The van der Waals surface area contributed by atoms with Crippen LogP contribution in [-0.4, -0.2) is 56.6 Å². The minimum absolute atomic E-state index is 0.0364. The summed E-state index contributed by atoms with van der Waals surface area (Å²) in [6.45, 7) is 10.8. The van der Waals surface area contributed by atoms with Crippen LogP contribution in [0.4, 0.5) is 0 Å². The van der Waals surface area contributed by atoms with Gasteiger partial charge in [-0.05, 0) is 25.7 Å². The van der Waals surface area contributed by atoms with Gasteiger partial charge in [0.05, 0.1) is 6.61 Å². The zero-order chi connectivity index (χ0) is 19.2. The first-order valence-electron chi connectivity index (χ1n) is 10.7. The minimum Gasteiger partial charge on any atom is -0.379 e. The molecule has 0 radical (unpaired) electrons. The zero-order valence-corrected chi connectivity index (χ0v) is 17.3. The zero-order valence-electron chi connectivity index (χ0n) is 17.3. The summed E-state index contributed by atoms with van der Waals surface area (Å²) in [6, 6.07) is 0. The van der Waals surface area contributed by atoms with E-state index in [0.717, 1.165) is 51.4 Å². The molecule has 5 nitrogen and oxygen atoms in total. The highest BCUT2D eigenvalue weighted by Crippen LogP contribution is 2.26. The molecule has 154 valence electrons. The van der Waals surface area contributed by atoms with Crippen LogP contribution in [0.1, 0.15) is 79.1 Å². The van der Waals surface area contributed by atoms with Crippen molar-refractivity contribution in [1.29, 1.82) is 0 Å². The third-order valence-electron chi connectivity index (χ3n) is 4.68. The second kappa shape index (κ2) is 14.6. The van der Waals surface area contributed by atoms with Crippen molar-refractivity contribution in [1.82, 2.24) is 0 Å². The number of hydrogen-bond donors (Lipinski definition) is 0. The summed E-state index contributed by atoms with van der Waals surface area (Å²) in [5.41, 5.74) is 0. The van der Waals surface area contributed by atoms with Crippen LogP contribution in [0.15, 0.2) is 0 Å². The minimum atomic E-state index is -0.538. The fourth-order valence-electron chi connectivity index (χ4n) is 3.04. The standard InChI is InChI=1S/C21H40O5/c1-5-9-13-23-16-18-20(24-14-10-6-2)21(25-15-11-7-3)19(22)17(26-18)12-8-4/h17-18,20-21H,5-16H2,1-4H3/t17-,18+,20+,21+/m0/s1. The molecule has 0 spiro atoms. The average Bonchev–Trinajstić information content (AvgIpc) is 2.64. The largest absolute Gasteiger partial charge is 0.379 e. The number of ether oxygens (including phenoxy) is 4. The number of unbranched alkanes of at least 4 members (excludes halogenated alkanes) is 3. The number of hydrogen-bond acceptors (Lipinski definition) is 5. The van der Waals surface area contributed by atoms with Crippen LogP contribution >= 0.6 is 0 Å². The lowest BCUT2D eigenvalue weighted by Gasteiger charge is -2.40. The van der Waals surface area contributed by atoms with Crippen molar-refractivity contribution in [2.75, 3.05) is 26.4 Å². The van der Waals surface area contributed by atoms with Crippen molar-refractivity contribution >= 4 is 5.78 Å². The van der Waals surface area contributed by atoms with Gasteiger partial charge in [-0.25, -0.2) is 0 Å². The number of carbonyl (C=O) groups excluding carboxylic acids is 1. The van der Waals surface area contributed by atoms with E-state index < -0.39 is 12.2 Å². The fourth-order valence-corrected chi connectivity index (χ4v) is 3.04. The SMILES string of the molecule is CCCCOC[C@H]1O[C@@H](CCC)C(=O)[C@@H](OCCCC)[C@@H]1OCCCC. The van der Waals surface area contributed by atoms with Crippen LogP contribution < -0.4 is 0 Å². The monoisotopic (exact) mass is 372 g/mol. The van der Waals surface area contributed by atoms with Gasteiger partial charge >= 0.3 is 0 Å². The molecule has 0 aromatic heterocycles. The van der Waals surface area contributed by atoms with Crippen molar-refractivity contribution in [2.24, 2.45) is 0 Å². The topological polar surface area (TPSA) is 54.0 Å². The van der Waals surface area contributed by atoms with Crippen LogP contribution in [0.5, 0.6) is 0 Å². The van der Waals surface area contributed by atoms with Gasteiger partial charge in [-0.2, -0.15) is 0 Å². The Balaban J connectivity index is 2.81. The van der Waals surface area contributed by atoms with E-state index >= 15 is 0 Å². The lowest BCUT2D eigenvalue weighted by molar-refractivity contribution is -0.210. The Morgan fingerprint density at radius 3 is 2.08 bits per heavy atom. The molecule has 5 heteroatoms. The summed E-state index contributed by atoms with van der Waals surface area (Å²) in [4.78, 5) is 12.9. The molecule has 0 aromatic rings. The molecular weight excluding hydrogens is 332 g/mol. The van der Waals surface area contributed by atoms with Crippen LogP contribution in [0, 0.1) is 0 Å². The normalized spacial score (nSPS) is 26.4. The summed E-state index contributed by atoms with van der Waals surface area (Å²) >= 11 is 0. The summed E-state index contributed by atoms with van der Waals surface area (Å²) in [5, 5.41) is 0. The van der Waals surface area contributed by atoms with Crippen LogP contribution in [0.2, 0.25) is 0 Å². The van der Waals surface area contributed by atoms with Gasteiger partial charge in [-0.15, -0.1) is 0 Å². The number of Topliss-reactive ketones (excluding diaryl/α,β-unsaturated/α-hetero) is 1. The van der Waals surface area contributed by atoms with E-state index in [9.17, 15) is 4.79 Å². The van der Waals surface area contributed by atoms with Crippen molar-refractivity contribution in [3.05, 3.63) is 0 Å². The second-order valence-electron chi connectivity index (χ2n) is 7.12. The first kappa shape index (κ1) is 23.5. The van der Waals surface area contributed by atoms with Gasteiger partial charge in [-0.3, -0.25) is 4.79 Å². The molecule has 1 saturated heterocycles. The van der Waals surface area contributed by atoms with Crippen LogP contribution in [0.25, 0.3) is 0 Å². The molecule has 1 aliphatic rings. The van der Waals surface area contributed by atoms with Crippen molar-refractivity contribution in [3.8, 4) is 0 Å². The number of carbonyl (C=O) groups is 1. The Labute approximate surface area is 160 Å². The van der Waals surface area contributed by atoms with Crippen molar-refractivity contribution < 1.29 is 23.7 Å². The second-order valence-corrected chi connectivity index (χ2v) is 7.12. The number of ketones is 1. The molecule has 0 amide bonds. The maximum atomic E-state index is 12.9. The Kier molecular flexibility index (Phi) is 13.2. The van der Waals surface area contributed by atoms with E-state index in [2.05, 4.69) is 27.7 Å². The Bertz CT molecular complexity index is 360. The fraction of sp³-hybridized carbons (Fsp3) is 0.952. The molecule has 0 aromatic carbocycles. The molecule has 0 saturated carbocycles. The van der Waals surface area contributed by atoms with Gasteiger partial charge in [0.15, 0.2) is 5.78 Å². The van der Waals surface area contributed by atoms with E-state index in [1.165, 1.54) is 0 Å². The first-order chi connectivity index (χ1) is 12.7. The maximum Gasteiger partial charge on any atom is 0.192 e. The van der Waals surface area contributed by atoms with E-state index in [1.807, 2.05) is 0 Å².